The number of methoxy groups -OCH3 is 1. The Labute approximate surface area is 154 Å². The highest BCUT2D eigenvalue weighted by Crippen LogP contribution is 2.30. The predicted molar refractivity (Wildman–Crippen MR) is 106 cm³/mol. The quantitative estimate of drug-likeness (QED) is 0.604. The van der Waals surface area contributed by atoms with Crippen molar-refractivity contribution in [1.82, 2.24) is 10.2 Å². The standard InChI is InChI=1S/C21H25N3O2/c1-15(2)26-14-6-13-22-21-19-8-5-4-7-18(19)20(23-24-21)16-9-11-17(25-3)12-10-16/h4-5,7-12,15H,6,13-14H2,1-3H3,(H,22,24). The summed E-state index contributed by atoms with van der Waals surface area (Å²) in [5.74, 6) is 1.63. The Morgan fingerprint density at radius 1 is 0.962 bits per heavy atom. The number of aromatic nitrogens is 2. The van der Waals surface area contributed by atoms with Crippen LogP contribution < -0.4 is 10.1 Å². The predicted octanol–water partition coefficient (Wildman–Crippen LogP) is 4.53. The second-order valence-electron chi connectivity index (χ2n) is 6.37. The minimum absolute atomic E-state index is 0.263. The third-order valence-electron chi connectivity index (χ3n) is 4.12. The molecule has 3 aromatic rings. The molecule has 0 amide bonds. The summed E-state index contributed by atoms with van der Waals surface area (Å²) in [6, 6.07) is 16.1. The van der Waals surface area contributed by atoms with Gasteiger partial charge in [0.05, 0.1) is 13.2 Å². The number of fused-ring (bicyclic) bond motifs is 1. The number of hydrogen-bond acceptors (Lipinski definition) is 5. The SMILES string of the molecule is COc1ccc(-c2nnc(NCCCOC(C)C)c3ccccc23)cc1. The molecule has 0 spiro atoms. The van der Waals surface area contributed by atoms with Gasteiger partial charge in [0.25, 0.3) is 0 Å². The van der Waals surface area contributed by atoms with Gasteiger partial charge in [-0.3, -0.25) is 0 Å². The van der Waals surface area contributed by atoms with E-state index in [-0.39, 0.29) is 6.10 Å². The van der Waals surface area contributed by atoms with Gasteiger partial charge in [0.2, 0.25) is 0 Å². The maximum absolute atomic E-state index is 5.58. The number of hydrogen-bond donors (Lipinski definition) is 1. The van der Waals surface area contributed by atoms with E-state index in [4.69, 9.17) is 9.47 Å². The zero-order valence-electron chi connectivity index (χ0n) is 15.5. The first-order chi connectivity index (χ1) is 12.7. The van der Waals surface area contributed by atoms with Crippen molar-refractivity contribution in [3.8, 4) is 17.0 Å². The van der Waals surface area contributed by atoms with E-state index in [1.807, 2.05) is 50.2 Å². The molecule has 2 aromatic carbocycles. The third kappa shape index (κ3) is 4.29. The van der Waals surface area contributed by atoms with Gasteiger partial charge in [-0.2, -0.15) is 0 Å². The summed E-state index contributed by atoms with van der Waals surface area (Å²) in [6.45, 7) is 5.63. The first-order valence-electron chi connectivity index (χ1n) is 8.94. The van der Waals surface area contributed by atoms with Crippen LogP contribution in [0.5, 0.6) is 5.75 Å². The molecule has 0 aliphatic carbocycles. The average Bonchev–Trinajstić information content (AvgIpc) is 2.67. The molecule has 0 saturated carbocycles. The Balaban J connectivity index is 1.82. The summed E-state index contributed by atoms with van der Waals surface area (Å²) in [5.41, 5.74) is 1.89. The van der Waals surface area contributed by atoms with Gasteiger partial charge in [-0.1, -0.05) is 24.3 Å². The molecule has 136 valence electrons. The molecule has 0 bridgehead atoms. The Hall–Kier alpha value is -2.66. The molecule has 0 fully saturated rings. The summed E-state index contributed by atoms with van der Waals surface area (Å²) in [4.78, 5) is 0. The summed E-state index contributed by atoms with van der Waals surface area (Å²) in [7, 11) is 1.66. The largest absolute Gasteiger partial charge is 0.497 e. The Morgan fingerprint density at radius 3 is 2.38 bits per heavy atom. The van der Waals surface area contributed by atoms with E-state index < -0.39 is 0 Å². The molecule has 1 heterocycles. The molecule has 0 unspecified atom stereocenters. The molecule has 3 rings (SSSR count). The summed E-state index contributed by atoms with van der Waals surface area (Å²) >= 11 is 0. The van der Waals surface area contributed by atoms with Crippen molar-refractivity contribution < 1.29 is 9.47 Å². The van der Waals surface area contributed by atoms with Crippen LogP contribution in [0, 0.1) is 0 Å². The highest BCUT2D eigenvalue weighted by molar-refractivity contribution is 6.00. The molecule has 0 saturated heterocycles. The monoisotopic (exact) mass is 351 g/mol. The third-order valence-corrected chi connectivity index (χ3v) is 4.12. The van der Waals surface area contributed by atoms with Crippen LogP contribution in [0.15, 0.2) is 48.5 Å². The summed E-state index contributed by atoms with van der Waals surface area (Å²) in [6.07, 6.45) is 1.19. The van der Waals surface area contributed by atoms with E-state index in [1.165, 1.54) is 0 Å². The maximum Gasteiger partial charge on any atom is 0.156 e. The van der Waals surface area contributed by atoms with Gasteiger partial charge in [0.15, 0.2) is 5.82 Å². The normalized spacial score (nSPS) is 11.1. The van der Waals surface area contributed by atoms with E-state index in [1.54, 1.807) is 7.11 Å². The number of ether oxygens (including phenoxy) is 2. The molecule has 1 N–H and O–H groups in total. The highest BCUT2D eigenvalue weighted by atomic mass is 16.5. The lowest BCUT2D eigenvalue weighted by Crippen LogP contribution is -2.10. The molecule has 26 heavy (non-hydrogen) atoms. The van der Waals surface area contributed by atoms with Crippen LogP contribution in [-0.4, -0.2) is 36.6 Å². The second kappa shape index (κ2) is 8.63. The van der Waals surface area contributed by atoms with Crippen LogP contribution in [-0.2, 0) is 4.74 Å². The minimum Gasteiger partial charge on any atom is -0.497 e. The Kier molecular flexibility index (Phi) is 6.02. The maximum atomic E-state index is 5.58. The summed E-state index contributed by atoms with van der Waals surface area (Å²) < 4.78 is 10.8. The first-order valence-corrected chi connectivity index (χ1v) is 8.94. The zero-order valence-corrected chi connectivity index (χ0v) is 15.5. The highest BCUT2D eigenvalue weighted by Gasteiger charge is 2.10. The van der Waals surface area contributed by atoms with Gasteiger partial charge in [0, 0.05) is 29.5 Å². The van der Waals surface area contributed by atoms with Gasteiger partial charge in [-0.05, 0) is 44.5 Å². The lowest BCUT2D eigenvalue weighted by Gasteiger charge is -2.12. The fourth-order valence-corrected chi connectivity index (χ4v) is 2.79. The number of anilines is 1. The molecule has 0 aliphatic heterocycles. The molecule has 1 aromatic heterocycles. The van der Waals surface area contributed by atoms with Crippen molar-refractivity contribution in [2.24, 2.45) is 0 Å². The van der Waals surface area contributed by atoms with E-state index in [2.05, 4.69) is 27.6 Å². The Morgan fingerprint density at radius 2 is 1.69 bits per heavy atom. The van der Waals surface area contributed by atoms with Crippen molar-refractivity contribution >= 4 is 16.6 Å². The van der Waals surface area contributed by atoms with Gasteiger partial charge in [-0.15, -0.1) is 10.2 Å². The Bertz CT molecular complexity index is 848. The fourth-order valence-electron chi connectivity index (χ4n) is 2.79. The van der Waals surface area contributed by atoms with Gasteiger partial charge < -0.3 is 14.8 Å². The number of benzene rings is 2. The smallest absolute Gasteiger partial charge is 0.156 e. The molecule has 0 aliphatic rings. The van der Waals surface area contributed by atoms with E-state index in [9.17, 15) is 0 Å². The van der Waals surface area contributed by atoms with E-state index in [0.29, 0.717) is 0 Å². The van der Waals surface area contributed by atoms with Crippen LogP contribution in [0.1, 0.15) is 20.3 Å². The number of rotatable bonds is 8. The molecule has 0 atom stereocenters. The lowest BCUT2D eigenvalue weighted by molar-refractivity contribution is 0.0787. The molecule has 5 nitrogen and oxygen atoms in total. The molecular formula is C21H25N3O2. The van der Waals surface area contributed by atoms with Crippen molar-refractivity contribution in [2.75, 3.05) is 25.6 Å². The molecule has 0 radical (unpaired) electrons. The number of nitrogens with one attached hydrogen (secondary N) is 1. The first kappa shape index (κ1) is 18.1. The van der Waals surface area contributed by atoms with Crippen LogP contribution in [0.2, 0.25) is 0 Å². The fraction of sp³-hybridized carbons (Fsp3) is 0.333. The van der Waals surface area contributed by atoms with Crippen molar-refractivity contribution in [2.45, 2.75) is 26.4 Å². The topological polar surface area (TPSA) is 56.3 Å². The second-order valence-corrected chi connectivity index (χ2v) is 6.37. The van der Waals surface area contributed by atoms with E-state index >= 15 is 0 Å². The van der Waals surface area contributed by atoms with Crippen LogP contribution in [0.4, 0.5) is 5.82 Å². The van der Waals surface area contributed by atoms with Crippen molar-refractivity contribution in [3.05, 3.63) is 48.5 Å². The van der Waals surface area contributed by atoms with Crippen molar-refractivity contribution in [3.63, 3.8) is 0 Å². The minimum atomic E-state index is 0.263. The van der Waals surface area contributed by atoms with Crippen molar-refractivity contribution in [1.29, 1.82) is 0 Å². The average molecular weight is 351 g/mol. The van der Waals surface area contributed by atoms with Crippen LogP contribution in [0.25, 0.3) is 22.0 Å². The lowest BCUT2D eigenvalue weighted by atomic mass is 10.0. The van der Waals surface area contributed by atoms with Crippen LogP contribution in [0.3, 0.4) is 0 Å². The molecular weight excluding hydrogens is 326 g/mol. The molecule has 5 heteroatoms. The van der Waals surface area contributed by atoms with E-state index in [0.717, 1.165) is 53.2 Å². The number of nitrogens with zero attached hydrogens (tertiary/aromatic N) is 2. The summed E-state index contributed by atoms with van der Waals surface area (Å²) in [5, 5.41) is 14.4. The van der Waals surface area contributed by atoms with Crippen LogP contribution >= 0.6 is 0 Å². The zero-order chi connectivity index (χ0) is 18.4. The van der Waals surface area contributed by atoms with Gasteiger partial charge in [0.1, 0.15) is 11.4 Å². The van der Waals surface area contributed by atoms with Gasteiger partial charge >= 0.3 is 0 Å². The van der Waals surface area contributed by atoms with Gasteiger partial charge in [-0.25, -0.2) is 0 Å².